The molecule has 6 N–H and O–H groups in total. The fraction of sp³-hybridized carbons (Fsp3) is 0.0357. The molecule has 1 heterocycles. The van der Waals surface area contributed by atoms with E-state index in [0.717, 1.165) is 22.4 Å². The standard InChI is InChI=1S/C28H24N6O3.ClH/c1-30-27(35)22-16-21(14-15-23(22)29)37-20-12-10-19(11-13-20)32-28(36)31-18-8-6-17(7-9-18)26-33-24-4-2-3-5-25(24)34-26;/h2-16H,29H2,1H3,(H,30,35)(H,33,34)(H2,31,32,36);1H. The number of amides is 3. The highest BCUT2D eigenvalue weighted by Crippen LogP contribution is 2.27. The number of fused-ring (bicyclic) bond motifs is 1. The number of nitrogens with zero attached hydrogens (tertiary/aromatic N) is 1. The number of hydrogen-bond acceptors (Lipinski definition) is 5. The third-order valence-corrected chi connectivity index (χ3v) is 5.65. The molecule has 0 saturated heterocycles. The summed E-state index contributed by atoms with van der Waals surface area (Å²) in [4.78, 5) is 32.3. The third kappa shape index (κ3) is 5.85. The van der Waals surface area contributed by atoms with Gasteiger partial charge in [-0.05, 0) is 78.9 Å². The first-order valence-corrected chi connectivity index (χ1v) is 11.5. The summed E-state index contributed by atoms with van der Waals surface area (Å²) in [5, 5.41) is 8.15. The van der Waals surface area contributed by atoms with E-state index in [2.05, 4.69) is 25.9 Å². The van der Waals surface area contributed by atoms with Crippen molar-refractivity contribution in [3.8, 4) is 22.9 Å². The van der Waals surface area contributed by atoms with Crippen molar-refractivity contribution in [3.05, 3.63) is 96.6 Å². The number of carbonyl (C=O) groups is 2. The lowest BCUT2D eigenvalue weighted by molar-refractivity contribution is 0.0963. The minimum atomic E-state index is -0.376. The lowest BCUT2D eigenvalue weighted by Crippen LogP contribution is -2.19. The first-order chi connectivity index (χ1) is 18.0. The van der Waals surface area contributed by atoms with E-state index in [1.165, 1.54) is 7.05 Å². The van der Waals surface area contributed by atoms with E-state index < -0.39 is 0 Å². The highest BCUT2D eigenvalue weighted by atomic mass is 35.5. The molecule has 0 fully saturated rings. The Kier molecular flexibility index (Phi) is 7.79. The molecule has 0 aliphatic heterocycles. The van der Waals surface area contributed by atoms with E-state index in [0.29, 0.717) is 34.1 Å². The molecule has 5 aromatic rings. The number of aromatic amines is 1. The number of hydrogen-bond donors (Lipinski definition) is 5. The topological polar surface area (TPSA) is 134 Å². The van der Waals surface area contributed by atoms with E-state index in [1.807, 2.05) is 48.5 Å². The largest absolute Gasteiger partial charge is 0.457 e. The highest BCUT2D eigenvalue weighted by Gasteiger charge is 2.11. The molecule has 38 heavy (non-hydrogen) atoms. The molecule has 192 valence electrons. The van der Waals surface area contributed by atoms with Gasteiger partial charge in [0.2, 0.25) is 0 Å². The number of nitrogen functional groups attached to an aromatic ring is 1. The van der Waals surface area contributed by atoms with Gasteiger partial charge in [-0.3, -0.25) is 4.79 Å². The summed E-state index contributed by atoms with van der Waals surface area (Å²) in [7, 11) is 1.54. The number of benzene rings is 4. The van der Waals surface area contributed by atoms with Crippen molar-refractivity contribution in [1.29, 1.82) is 0 Å². The maximum absolute atomic E-state index is 12.5. The number of anilines is 3. The first kappa shape index (κ1) is 26.1. The first-order valence-electron chi connectivity index (χ1n) is 11.5. The lowest BCUT2D eigenvalue weighted by atomic mass is 10.1. The molecule has 3 amide bonds. The van der Waals surface area contributed by atoms with E-state index in [4.69, 9.17) is 10.5 Å². The monoisotopic (exact) mass is 528 g/mol. The van der Waals surface area contributed by atoms with Crippen molar-refractivity contribution < 1.29 is 14.3 Å². The van der Waals surface area contributed by atoms with Crippen molar-refractivity contribution >= 4 is 52.4 Å². The Balaban J connectivity index is 0.00000336. The van der Waals surface area contributed by atoms with Crippen LogP contribution in [0.3, 0.4) is 0 Å². The van der Waals surface area contributed by atoms with Crippen LogP contribution in [0, 0.1) is 0 Å². The maximum atomic E-state index is 12.5. The van der Waals surface area contributed by atoms with Gasteiger partial charge in [0.25, 0.3) is 5.91 Å². The van der Waals surface area contributed by atoms with Gasteiger partial charge in [0.1, 0.15) is 17.3 Å². The predicted molar refractivity (Wildman–Crippen MR) is 152 cm³/mol. The fourth-order valence-electron chi connectivity index (χ4n) is 3.77. The van der Waals surface area contributed by atoms with Gasteiger partial charge in [0.05, 0.1) is 16.6 Å². The van der Waals surface area contributed by atoms with E-state index >= 15 is 0 Å². The van der Waals surface area contributed by atoms with Crippen LogP contribution < -0.4 is 26.4 Å². The molecule has 4 aromatic carbocycles. The number of nitrogens with one attached hydrogen (secondary N) is 4. The fourth-order valence-corrected chi connectivity index (χ4v) is 3.77. The summed E-state index contributed by atoms with van der Waals surface area (Å²) >= 11 is 0. The molecule has 0 aliphatic rings. The second-order valence-electron chi connectivity index (χ2n) is 8.21. The molecule has 0 saturated carbocycles. The van der Waals surface area contributed by atoms with Crippen LogP contribution in [0.2, 0.25) is 0 Å². The van der Waals surface area contributed by atoms with E-state index in [-0.39, 0.29) is 24.3 Å². The van der Waals surface area contributed by atoms with E-state index in [1.54, 1.807) is 42.5 Å². The molecular formula is C28H25ClN6O3. The summed E-state index contributed by atoms with van der Waals surface area (Å²) in [5.41, 5.74) is 10.6. The minimum Gasteiger partial charge on any atom is -0.457 e. The van der Waals surface area contributed by atoms with Crippen LogP contribution in [0.25, 0.3) is 22.4 Å². The Hall–Kier alpha value is -5.02. The Morgan fingerprint density at radius 1 is 0.842 bits per heavy atom. The molecule has 0 spiro atoms. The molecule has 0 radical (unpaired) electrons. The SMILES string of the molecule is CNC(=O)c1cc(Oc2ccc(NC(=O)Nc3ccc(-c4nc5ccccc5[nH]4)cc3)cc2)ccc1N.Cl. The van der Waals surface area contributed by atoms with Crippen LogP contribution in [0.5, 0.6) is 11.5 Å². The molecule has 5 rings (SSSR count). The summed E-state index contributed by atoms with van der Waals surface area (Å²) < 4.78 is 5.82. The Labute approximate surface area is 224 Å². The van der Waals surface area contributed by atoms with Crippen LogP contribution in [-0.2, 0) is 0 Å². The van der Waals surface area contributed by atoms with Gasteiger partial charge < -0.3 is 31.4 Å². The quantitative estimate of drug-likeness (QED) is 0.171. The lowest BCUT2D eigenvalue weighted by Gasteiger charge is -2.11. The number of halogens is 1. The number of H-pyrrole nitrogens is 1. The van der Waals surface area contributed by atoms with Gasteiger partial charge in [-0.25, -0.2) is 9.78 Å². The zero-order valence-electron chi connectivity index (χ0n) is 20.3. The molecule has 10 heteroatoms. The third-order valence-electron chi connectivity index (χ3n) is 5.65. The highest BCUT2D eigenvalue weighted by molar-refractivity contribution is 6.00. The van der Waals surface area contributed by atoms with Gasteiger partial charge in [-0.2, -0.15) is 0 Å². The maximum Gasteiger partial charge on any atom is 0.323 e. The van der Waals surface area contributed by atoms with Crippen molar-refractivity contribution in [2.24, 2.45) is 0 Å². The Morgan fingerprint density at radius 2 is 1.47 bits per heavy atom. The van der Waals surface area contributed by atoms with Gasteiger partial charge in [-0.1, -0.05) is 12.1 Å². The van der Waals surface area contributed by atoms with Gasteiger partial charge in [0, 0.05) is 29.7 Å². The van der Waals surface area contributed by atoms with Crippen LogP contribution in [0.4, 0.5) is 21.9 Å². The van der Waals surface area contributed by atoms with Gasteiger partial charge >= 0.3 is 6.03 Å². The van der Waals surface area contributed by atoms with Gasteiger partial charge in [0.15, 0.2) is 0 Å². The number of urea groups is 1. The molecule has 0 aliphatic carbocycles. The molecular weight excluding hydrogens is 504 g/mol. The molecule has 0 bridgehead atoms. The van der Waals surface area contributed by atoms with Crippen molar-refractivity contribution in [1.82, 2.24) is 15.3 Å². The number of imidazole rings is 1. The zero-order valence-corrected chi connectivity index (χ0v) is 21.1. The number of ether oxygens (including phenoxy) is 1. The zero-order chi connectivity index (χ0) is 25.8. The smallest absolute Gasteiger partial charge is 0.323 e. The number of nitrogens with two attached hydrogens (primary N) is 1. The number of para-hydroxylation sites is 2. The normalized spacial score (nSPS) is 10.3. The van der Waals surface area contributed by atoms with Crippen LogP contribution in [-0.4, -0.2) is 29.0 Å². The van der Waals surface area contributed by atoms with Gasteiger partial charge in [-0.15, -0.1) is 12.4 Å². The van der Waals surface area contributed by atoms with Crippen molar-refractivity contribution in [2.45, 2.75) is 0 Å². The predicted octanol–water partition coefficient (Wildman–Crippen LogP) is 6.03. The number of rotatable bonds is 6. The number of aromatic nitrogens is 2. The Morgan fingerprint density at radius 3 is 2.13 bits per heavy atom. The second kappa shape index (κ2) is 11.4. The van der Waals surface area contributed by atoms with Crippen molar-refractivity contribution in [2.75, 3.05) is 23.4 Å². The summed E-state index contributed by atoms with van der Waals surface area (Å²) in [6.45, 7) is 0. The minimum absolute atomic E-state index is 0. The van der Waals surface area contributed by atoms with Crippen LogP contribution >= 0.6 is 12.4 Å². The van der Waals surface area contributed by atoms with Crippen molar-refractivity contribution in [3.63, 3.8) is 0 Å². The van der Waals surface area contributed by atoms with Crippen LogP contribution in [0.1, 0.15) is 10.4 Å². The average molecular weight is 529 g/mol. The molecule has 0 unspecified atom stereocenters. The molecule has 9 nitrogen and oxygen atoms in total. The molecule has 0 atom stereocenters. The summed E-state index contributed by atoms with van der Waals surface area (Å²) in [6.07, 6.45) is 0. The number of carbonyl (C=O) groups excluding carboxylic acids is 2. The van der Waals surface area contributed by atoms with E-state index in [9.17, 15) is 9.59 Å². The second-order valence-corrected chi connectivity index (χ2v) is 8.21. The Bertz CT molecular complexity index is 1550. The summed E-state index contributed by atoms with van der Waals surface area (Å²) in [5.74, 6) is 1.48. The van der Waals surface area contributed by atoms with Crippen LogP contribution in [0.15, 0.2) is 91.0 Å². The average Bonchev–Trinajstić information content (AvgIpc) is 3.35. The summed E-state index contributed by atoms with van der Waals surface area (Å²) in [6, 6.07) is 26.6. The molecule has 1 aromatic heterocycles.